The van der Waals surface area contributed by atoms with Gasteiger partial charge in [0, 0.05) is 19.8 Å². The van der Waals surface area contributed by atoms with Crippen LogP contribution in [-0.2, 0) is 23.7 Å². The molecule has 0 unspecified atom stereocenters. The van der Waals surface area contributed by atoms with E-state index in [-0.39, 0.29) is 12.6 Å². The van der Waals surface area contributed by atoms with Crippen molar-refractivity contribution in [2.45, 2.75) is 33.7 Å². The van der Waals surface area contributed by atoms with E-state index >= 15 is 0 Å². The van der Waals surface area contributed by atoms with Crippen molar-refractivity contribution in [3.8, 4) is 0 Å². The van der Waals surface area contributed by atoms with Gasteiger partial charge in [-0.25, -0.2) is 0 Å². The van der Waals surface area contributed by atoms with Crippen LogP contribution < -0.4 is 0 Å². The molecule has 0 atom stereocenters. The average Bonchev–Trinajstić information content (AvgIpc) is 2.57. The molecule has 0 saturated heterocycles. The number of aliphatic hydroxyl groups excluding tert-OH is 3. The van der Waals surface area contributed by atoms with Crippen molar-refractivity contribution in [1.82, 2.24) is 0 Å². The summed E-state index contributed by atoms with van der Waals surface area (Å²) in [5, 5.41) is 28.1. The summed E-state index contributed by atoms with van der Waals surface area (Å²) >= 11 is 0. The Hall–Kier alpha value is -0.900. The van der Waals surface area contributed by atoms with Gasteiger partial charge in [0.25, 0.3) is 5.95 Å². The van der Waals surface area contributed by atoms with Crippen molar-refractivity contribution in [2.75, 3.05) is 52.9 Å². The lowest BCUT2D eigenvalue weighted by molar-refractivity contribution is -0.347. The molecular formula is C16H32O8. The van der Waals surface area contributed by atoms with Crippen LogP contribution >= 0.6 is 0 Å². The number of rotatable bonds is 15. The fraction of sp³-hybridized carbons (Fsp3) is 0.875. The first-order valence-electron chi connectivity index (χ1n) is 8.23. The van der Waals surface area contributed by atoms with Gasteiger partial charge in [0.1, 0.15) is 6.61 Å². The normalized spacial score (nSPS) is 13.2. The Morgan fingerprint density at radius 1 is 0.750 bits per heavy atom. The fourth-order valence-corrected chi connectivity index (χ4v) is 1.78. The predicted octanol–water partition coefficient (Wildman–Crippen LogP) is 0.607. The molecule has 8 heteroatoms. The summed E-state index contributed by atoms with van der Waals surface area (Å²) < 4.78 is 27.7. The highest BCUT2D eigenvalue weighted by Crippen LogP contribution is 2.23. The summed E-state index contributed by atoms with van der Waals surface area (Å²) in [6, 6.07) is 0. The van der Waals surface area contributed by atoms with E-state index in [1.807, 2.05) is 0 Å². The lowest BCUT2D eigenvalue weighted by Gasteiger charge is -2.31. The monoisotopic (exact) mass is 352 g/mol. The zero-order chi connectivity index (χ0) is 18.5. The van der Waals surface area contributed by atoms with Crippen molar-refractivity contribution in [3.05, 3.63) is 12.0 Å². The highest BCUT2D eigenvalue weighted by molar-refractivity contribution is 4.94. The van der Waals surface area contributed by atoms with Crippen LogP contribution in [0.2, 0.25) is 0 Å². The van der Waals surface area contributed by atoms with E-state index in [1.165, 1.54) is 6.08 Å². The van der Waals surface area contributed by atoms with Gasteiger partial charge >= 0.3 is 5.97 Å². The molecule has 0 radical (unpaired) electrons. The molecule has 0 aromatic heterocycles. The average molecular weight is 352 g/mol. The summed E-state index contributed by atoms with van der Waals surface area (Å²) in [4.78, 5) is 0. The van der Waals surface area contributed by atoms with Crippen LogP contribution in [0.15, 0.2) is 12.0 Å². The van der Waals surface area contributed by atoms with E-state index < -0.39 is 31.2 Å². The molecule has 0 aromatic carbocycles. The van der Waals surface area contributed by atoms with Crippen molar-refractivity contribution in [1.29, 1.82) is 0 Å². The van der Waals surface area contributed by atoms with Crippen molar-refractivity contribution >= 4 is 0 Å². The van der Waals surface area contributed by atoms with Gasteiger partial charge in [0.15, 0.2) is 0 Å². The van der Waals surface area contributed by atoms with E-state index in [9.17, 15) is 15.3 Å². The highest BCUT2D eigenvalue weighted by atomic mass is 16.9. The lowest BCUT2D eigenvalue weighted by Crippen LogP contribution is -2.40. The van der Waals surface area contributed by atoms with E-state index in [0.717, 1.165) is 0 Å². The molecule has 0 aliphatic heterocycles. The summed E-state index contributed by atoms with van der Waals surface area (Å²) in [7, 11) is 0. The van der Waals surface area contributed by atoms with Crippen LogP contribution in [0.25, 0.3) is 0 Å². The van der Waals surface area contributed by atoms with Crippen LogP contribution in [0, 0.1) is 5.41 Å². The second-order valence-corrected chi connectivity index (χ2v) is 5.06. The molecule has 0 fully saturated rings. The van der Waals surface area contributed by atoms with Crippen molar-refractivity contribution in [3.63, 3.8) is 0 Å². The van der Waals surface area contributed by atoms with Crippen LogP contribution in [0.5, 0.6) is 0 Å². The standard InChI is InChI=1S/C16H32O8/c1-5-20-14(21-13-15(10-17,11-18)12-19)9-16(22-6-2,23-7-3)24-8-4/h9,17-19H,5-8,10-13H2,1-4H3. The first-order valence-corrected chi connectivity index (χ1v) is 8.23. The molecule has 0 aliphatic carbocycles. The minimum Gasteiger partial charge on any atom is -0.466 e. The van der Waals surface area contributed by atoms with Gasteiger partial charge in [-0.05, 0) is 27.7 Å². The third kappa shape index (κ3) is 7.33. The summed E-state index contributed by atoms with van der Waals surface area (Å²) in [6.45, 7) is 7.05. The molecular weight excluding hydrogens is 320 g/mol. The maximum Gasteiger partial charge on any atom is 0.311 e. The van der Waals surface area contributed by atoms with Gasteiger partial charge in [0.2, 0.25) is 0 Å². The molecule has 0 aliphatic rings. The zero-order valence-corrected chi connectivity index (χ0v) is 15.1. The minimum absolute atomic E-state index is 0.0626. The Balaban J connectivity index is 5.36. The molecule has 3 N–H and O–H groups in total. The topological polar surface area (TPSA) is 107 Å². The molecule has 24 heavy (non-hydrogen) atoms. The third-order valence-electron chi connectivity index (χ3n) is 3.14. The maximum atomic E-state index is 9.37. The number of hydrogen-bond acceptors (Lipinski definition) is 8. The summed E-state index contributed by atoms with van der Waals surface area (Å²) in [6.07, 6.45) is 1.42. The van der Waals surface area contributed by atoms with E-state index in [4.69, 9.17) is 23.7 Å². The Bertz CT molecular complexity index is 316. The summed E-state index contributed by atoms with van der Waals surface area (Å²) in [5.41, 5.74) is -1.18. The molecule has 0 spiro atoms. The minimum atomic E-state index is -1.46. The van der Waals surface area contributed by atoms with Crippen molar-refractivity contribution < 1.29 is 39.0 Å². The number of ether oxygens (including phenoxy) is 5. The molecule has 0 amide bonds. The van der Waals surface area contributed by atoms with Gasteiger partial charge in [-0.15, -0.1) is 0 Å². The fourth-order valence-electron chi connectivity index (χ4n) is 1.78. The predicted molar refractivity (Wildman–Crippen MR) is 87.0 cm³/mol. The van der Waals surface area contributed by atoms with Gasteiger partial charge in [-0.1, -0.05) is 0 Å². The van der Waals surface area contributed by atoms with E-state index in [1.54, 1.807) is 27.7 Å². The molecule has 144 valence electrons. The molecule has 0 heterocycles. The zero-order valence-electron chi connectivity index (χ0n) is 15.1. The highest BCUT2D eigenvalue weighted by Gasteiger charge is 2.34. The van der Waals surface area contributed by atoms with Crippen LogP contribution in [0.1, 0.15) is 27.7 Å². The number of hydrogen-bond donors (Lipinski definition) is 3. The lowest BCUT2D eigenvalue weighted by atomic mass is 9.93. The maximum absolute atomic E-state index is 9.37. The van der Waals surface area contributed by atoms with Crippen molar-refractivity contribution in [2.24, 2.45) is 5.41 Å². The van der Waals surface area contributed by atoms with Crippen LogP contribution in [0.3, 0.4) is 0 Å². The first kappa shape index (κ1) is 23.1. The smallest absolute Gasteiger partial charge is 0.311 e. The second-order valence-electron chi connectivity index (χ2n) is 5.06. The quantitative estimate of drug-likeness (QED) is 0.291. The Morgan fingerprint density at radius 2 is 1.21 bits per heavy atom. The molecule has 0 bridgehead atoms. The van der Waals surface area contributed by atoms with E-state index in [2.05, 4.69) is 0 Å². The molecule has 0 rings (SSSR count). The van der Waals surface area contributed by atoms with E-state index in [0.29, 0.717) is 26.4 Å². The Morgan fingerprint density at radius 3 is 1.54 bits per heavy atom. The van der Waals surface area contributed by atoms with Gasteiger partial charge < -0.3 is 39.0 Å². The van der Waals surface area contributed by atoms with Gasteiger partial charge in [0.05, 0.1) is 37.9 Å². The molecule has 8 nitrogen and oxygen atoms in total. The molecule has 0 aromatic rings. The Kier molecular flexibility index (Phi) is 12.0. The largest absolute Gasteiger partial charge is 0.466 e. The van der Waals surface area contributed by atoms with Gasteiger partial charge in [-0.2, -0.15) is 0 Å². The second kappa shape index (κ2) is 12.5. The first-order chi connectivity index (χ1) is 11.5. The SMILES string of the molecule is CCOC(=CC(OCC)(OCC)OCC)OCC(CO)(CO)CO. The summed E-state index contributed by atoms with van der Waals surface area (Å²) in [5.74, 6) is -1.39. The number of aliphatic hydroxyl groups is 3. The Labute approximate surface area is 143 Å². The molecule has 0 saturated carbocycles. The third-order valence-corrected chi connectivity index (χ3v) is 3.14. The van der Waals surface area contributed by atoms with Gasteiger partial charge in [-0.3, -0.25) is 0 Å². The van der Waals surface area contributed by atoms with Crippen LogP contribution in [-0.4, -0.2) is 74.1 Å². The van der Waals surface area contributed by atoms with Crippen LogP contribution in [0.4, 0.5) is 0 Å².